The Morgan fingerprint density at radius 1 is 1.14 bits per heavy atom. The highest BCUT2D eigenvalue weighted by atomic mass is 16.2. The predicted octanol–water partition coefficient (Wildman–Crippen LogP) is 3.21. The number of nitrogens with one attached hydrogen (secondary N) is 1. The van der Waals surface area contributed by atoms with Gasteiger partial charge in [-0.05, 0) is 45.4 Å². The van der Waals surface area contributed by atoms with E-state index in [1.54, 1.807) is 0 Å². The Morgan fingerprint density at radius 3 is 2.55 bits per heavy atom. The lowest BCUT2D eigenvalue weighted by Gasteiger charge is -2.33. The Bertz CT molecular complexity index is 774. The number of fused-ring (bicyclic) bond motifs is 1. The van der Waals surface area contributed by atoms with Gasteiger partial charge in [-0.2, -0.15) is 0 Å². The van der Waals surface area contributed by atoms with Crippen molar-refractivity contribution in [3.8, 4) is 0 Å². The Kier molecular flexibility index (Phi) is 6.38. The molecule has 3 aliphatic rings. The minimum Gasteiger partial charge on any atom is -0.343 e. The Balaban J connectivity index is 1.35. The molecule has 1 saturated heterocycles. The maximum Gasteiger partial charge on any atom is 0.254 e. The largest absolute Gasteiger partial charge is 0.343 e. The van der Waals surface area contributed by atoms with Crippen molar-refractivity contribution in [3.05, 3.63) is 27.4 Å². The topological polar surface area (TPSA) is 69.3 Å². The number of amides is 1. The summed E-state index contributed by atoms with van der Waals surface area (Å²) in [6, 6.07) is 0.464. The normalized spacial score (nSPS) is 21.7. The van der Waals surface area contributed by atoms with E-state index in [9.17, 15) is 9.59 Å². The van der Waals surface area contributed by atoms with E-state index in [4.69, 9.17) is 4.98 Å². The van der Waals surface area contributed by atoms with E-state index in [1.807, 2.05) is 4.90 Å². The van der Waals surface area contributed by atoms with Gasteiger partial charge < -0.3 is 9.88 Å². The summed E-state index contributed by atoms with van der Waals surface area (Å²) in [7, 11) is 0. The fourth-order valence-corrected chi connectivity index (χ4v) is 5.30. The number of nitrogens with zero attached hydrogens (tertiary/aromatic N) is 3. The molecule has 4 rings (SSSR count). The van der Waals surface area contributed by atoms with Gasteiger partial charge in [0.25, 0.3) is 5.56 Å². The number of aromatic nitrogens is 2. The molecule has 0 unspecified atom stereocenters. The Labute approximate surface area is 174 Å². The molecule has 29 heavy (non-hydrogen) atoms. The third-order valence-corrected chi connectivity index (χ3v) is 7.33. The molecule has 0 aromatic carbocycles. The molecule has 0 atom stereocenters. The predicted molar refractivity (Wildman–Crippen MR) is 114 cm³/mol. The molecule has 6 heteroatoms. The molecule has 1 aliphatic carbocycles. The van der Waals surface area contributed by atoms with Crippen LogP contribution < -0.4 is 5.56 Å². The van der Waals surface area contributed by atoms with Crippen molar-refractivity contribution in [2.24, 2.45) is 5.92 Å². The number of rotatable bonds is 5. The third-order valence-electron chi connectivity index (χ3n) is 7.33. The summed E-state index contributed by atoms with van der Waals surface area (Å²) >= 11 is 0. The van der Waals surface area contributed by atoms with Crippen LogP contribution >= 0.6 is 0 Å². The van der Waals surface area contributed by atoms with Gasteiger partial charge in [-0.15, -0.1) is 0 Å². The second-order valence-corrected chi connectivity index (χ2v) is 9.53. The van der Waals surface area contributed by atoms with E-state index in [0.717, 1.165) is 74.9 Å². The van der Waals surface area contributed by atoms with Gasteiger partial charge in [0.1, 0.15) is 5.82 Å². The number of likely N-dealkylation sites (tertiary alicyclic amines) is 1. The molecule has 1 aromatic heterocycles. The summed E-state index contributed by atoms with van der Waals surface area (Å²) in [5.41, 5.74) is 1.87. The summed E-state index contributed by atoms with van der Waals surface area (Å²) in [6.07, 6.45) is 9.62. The fraction of sp³-hybridized carbons (Fsp3) is 0.783. The first-order chi connectivity index (χ1) is 14.0. The minimum atomic E-state index is 0.0449. The van der Waals surface area contributed by atoms with E-state index in [2.05, 4.69) is 23.7 Å². The average molecular weight is 401 g/mol. The highest BCUT2D eigenvalue weighted by Gasteiger charge is 2.28. The average Bonchev–Trinajstić information content (AvgIpc) is 3.25. The molecule has 160 valence electrons. The minimum absolute atomic E-state index is 0.0449. The van der Waals surface area contributed by atoms with Gasteiger partial charge in [0.05, 0.1) is 5.69 Å². The fourth-order valence-electron chi connectivity index (χ4n) is 5.30. The molecule has 1 saturated carbocycles. The first-order valence-electron chi connectivity index (χ1n) is 11.6. The van der Waals surface area contributed by atoms with Crippen molar-refractivity contribution < 1.29 is 4.79 Å². The zero-order valence-electron chi connectivity index (χ0n) is 18.1. The van der Waals surface area contributed by atoms with E-state index >= 15 is 0 Å². The van der Waals surface area contributed by atoms with Crippen molar-refractivity contribution in [1.82, 2.24) is 19.8 Å². The molecule has 1 N–H and O–H groups in total. The van der Waals surface area contributed by atoms with Gasteiger partial charge in [-0.3, -0.25) is 14.5 Å². The number of piperidine rings is 1. The number of hydrogen-bond donors (Lipinski definition) is 1. The SMILES string of the molecule is CC(C)N1CCc2c(nc(C3CCN(C(=O)CCC4CCCC4)CC3)[nH]c2=O)C1. The van der Waals surface area contributed by atoms with Crippen LogP contribution in [0.4, 0.5) is 0 Å². The molecule has 6 nitrogen and oxygen atoms in total. The quantitative estimate of drug-likeness (QED) is 0.824. The second kappa shape index (κ2) is 8.99. The maximum atomic E-state index is 12.6. The van der Waals surface area contributed by atoms with Gasteiger partial charge in [0.2, 0.25) is 5.91 Å². The zero-order chi connectivity index (χ0) is 20.4. The van der Waals surface area contributed by atoms with Crippen LogP contribution in [0.15, 0.2) is 4.79 Å². The number of H-pyrrole nitrogens is 1. The molecule has 0 bridgehead atoms. The Hall–Kier alpha value is -1.69. The summed E-state index contributed by atoms with van der Waals surface area (Å²) < 4.78 is 0. The number of hydrogen-bond acceptors (Lipinski definition) is 4. The Morgan fingerprint density at radius 2 is 1.86 bits per heavy atom. The summed E-state index contributed by atoms with van der Waals surface area (Å²) in [5.74, 6) is 2.17. The first-order valence-corrected chi connectivity index (χ1v) is 11.6. The first kappa shape index (κ1) is 20.6. The maximum absolute atomic E-state index is 12.6. The van der Waals surface area contributed by atoms with Crippen LogP contribution in [0.3, 0.4) is 0 Å². The molecule has 2 fully saturated rings. The van der Waals surface area contributed by atoms with Crippen LogP contribution in [-0.2, 0) is 17.8 Å². The standard InChI is InChI=1S/C23H36N4O2/c1-16(2)27-14-11-19-20(15-27)24-22(25-23(19)29)18-9-12-26(13-10-18)21(28)8-7-17-5-3-4-6-17/h16-18H,3-15H2,1-2H3,(H,24,25,29). The van der Waals surface area contributed by atoms with Crippen molar-refractivity contribution >= 4 is 5.91 Å². The van der Waals surface area contributed by atoms with Crippen molar-refractivity contribution in [2.75, 3.05) is 19.6 Å². The summed E-state index contributed by atoms with van der Waals surface area (Å²) in [4.78, 5) is 37.6. The molecular formula is C23H36N4O2. The van der Waals surface area contributed by atoms with Crippen LogP contribution in [0.25, 0.3) is 0 Å². The van der Waals surface area contributed by atoms with E-state index in [-0.39, 0.29) is 11.5 Å². The van der Waals surface area contributed by atoms with Gasteiger partial charge in [0.15, 0.2) is 0 Å². The summed E-state index contributed by atoms with van der Waals surface area (Å²) in [6.45, 7) is 7.65. The molecule has 2 aliphatic heterocycles. The lowest BCUT2D eigenvalue weighted by atomic mass is 9.94. The lowest BCUT2D eigenvalue weighted by molar-refractivity contribution is -0.132. The summed E-state index contributed by atoms with van der Waals surface area (Å²) in [5, 5.41) is 0. The number of carbonyl (C=O) groups is 1. The van der Waals surface area contributed by atoms with Crippen molar-refractivity contribution in [2.45, 2.75) is 90.1 Å². The highest BCUT2D eigenvalue weighted by Crippen LogP contribution is 2.30. The van der Waals surface area contributed by atoms with Crippen molar-refractivity contribution in [3.63, 3.8) is 0 Å². The molecule has 3 heterocycles. The molecule has 1 amide bonds. The number of aromatic amines is 1. The lowest BCUT2D eigenvalue weighted by Crippen LogP contribution is -2.41. The monoisotopic (exact) mass is 400 g/mol. The van der Waals surface area contributed by atoms with E-state index < -0.39 is 0 Å². The number of carbonyl (C=O) groups excluding carboxylic acids is 1. The van der Waals surface area contributed by atoms with Crippen LogP contribution in [0.1, 0.15) is 88.2 Å². The van der Waals surface area contributed by atoms with Crippen LogP contribution in [0.2, 0.25) is 0 Å². The highest BCUT2D eigenvalue weighted by molar-refractivity contribution is 5.76. The zero-order valence-corrected chi connectivity index (χ0v) is 18.1. The third kappa shape index (κ3) is 4.73. The molecular weight excluding hydrogens is 364 g/mol. The van der Waals surface area contributed by atoms with E-state index in [1.165, 1.54) is 25.7 Å². The van der Waals surface area contributed by atoms with Crippen LogP contribution in [0.5, 0.6) is 0 Å². The van der Waals surface area contributed by atoms with Crippen LogP contribution in [0, 0.1) is 5.92 Å². The molecule has 1 aromatic rings. The van der Waals surface area contributed by atoms with Gasteiger partial charge in [-0.25, -0.2) is 4.98 Å². The second-order valence-electron chi connectivity index (χ2n) is 9.53. The van der Waals surface area contributed by atoms with Crippen LogP contribution in [-0.4, -0.2) is 51.4 Å². The van der Waals surface area contributed by atoms with Crippen molar-refractivity contribution in [1.29, 1.82) is 0 Å². The molecule has 0 spiro atoms. The van der Waals surface area contributed by atoms with Gasteiger partial charge >= 0.3 is 0 Å². The van der Waals surface area contributed by atoms with Gasteiger partial charge in [-0.1, -0.05) is 25.7 Å². The smallest absolute Gasteiger partial charge is 0.254 e. The molecule has 0 radical (unpaired) electrons. The van der Waals surface area contributed by atoms with Gasteiger partial charge in [0, 0.05) is 50.1 Å². The van der Waals surface area contributed by atoms with E-state index in [0.29, 0.717) is 18.4 Å².